The van der Waals surface area contributed by atoms with Crippen LogP contribution in [0.15, 0.2) is 24.3 Å². The maximum absolute atomic E-state index is 11.5. The smallest absolute Gasteiger partial charge is 0.309 e. The third-order valence-corrected chi connectivity index (χ3v) is 2.73. The normalized spacial score (nSPS) is 14.2. The molecule has 1 aliphatic carbocycles. The number of anilines is 1. The average molecular weight is 254 g/mol. The highest BCUT2D eigenvalue weighted by molar-refractivity contribution is 6.33. The van der Waals surface area contributed by atoms with Gasteiger partial charge in [-0.1, -0.05) is 23.7 Å². The summed E-state index contributed by atoms with van der Waals surface area (Å²) in [6.45, 7) is -0.263. The summed E-state index contributed by atoms with van der Waals surface area (Å²) in [5, 5.41) is 3.03. The van der Waals surface area contributed by atoms with E-state index in [1.165, 1.54) is 0 Å². The number of halogens is 1. The van der Waals surface area contributed by atoms with Crippen LogP contribution in [-0.4, -0.2) is 18.5 Å². The standard InChI is InChI=1S/C12H12ClNO3/c13-9-3-1-2-4-10(9)14-11(15)7-17-12(16)8-5-6-8/h1-4,8H,5-7H2,(H,14,15). The number of benzene rings is 1. The van der Waals surface area contributed by atoms with Crippen molar-refractivity contribution >= 4 is 29.2 Å². The van der Waals surface area contributed by atoms with Gasteiger partial charge in [0.15, 0.2) is 6.61 Å². The molecule has 1 aliphatic rings. The van der Waals surface area contributed by atoms with Crippen molar-refractivity contribution in [2.24, 2.45) is 5.92 Å². The van der Waals surface area contributed by atoms with Crippen molar-refractivity contribution in [1.82, 2.24) is 0 Å². The van der Waals surface area contributed by atoms with E-state index >= 15 is 0 Å². The van der Waals surface area contributed by atoms with E-state index in [9.17, 15) is 9.59 Å². The minimum absolute atomic E-state index is 0.00288. The fraction of sp³-hybridized carbons (Fsp3) is 0.333. The molecule has 0 radical (unpaired) electrons. The molecule has 1 fully saturated rings. The molecule has 0 unspecified atom stereocenters. The summed E-state index contributed by atoms with van der Waals surface area (Å²) >= 11 is 5.87. The van der Waals surface area contributed by atoms with E-state index in [0.717, 1.165) is 12.8 Å². The van der Waals surface area contributed by atoms with Gasteiger partial charge >= 0.3 is 5.97 Å². The van der Waals surface area contributed by atoms with Crippen LogP contribution >= 0.6 is 11.6 Å². The maximum atomic E-state index is 11.5. The summed E-state index contributed by atoms with van der Waals surface area (Å²) in [4.78, 5) is 22.7. The SMILES string of the molecule is O=C(COC(=O)C1CC1)Nc1ccccc1Cl. The molecule has 1 amide bonds. The van der Waals surface area contributed by atoms with Crippen LogP contribution in [0, 0.1) is 5.92 Å². The highest BCUT2D eigenvalue weighted by Gasteiger charge is 2.31. The average Bonchev–Trinajstić information content (AvgIpc) is 3.13. The molecule has 0 saturated heterocycles. The number of esters is 1. The summed E-state index contributed by atoms with van der Waals surface area (Å²) in [6.07, 6.45) is 1.73. The Hall–Kier alpha value is -1.55. The topological polar surface area (TPSA) is 55.4 Å². The van der Waals surface area contributed by atoms with E-state index in [0.29, 0.717) is 10.7 Å². The molecule has 0 atom stereocenters. The van der Waals surface area contributed by atoms with Crippen molar-refractivity contribution in [2.75, 3.05) is 11.9 Å². The van der Waals surface area contributed by atoms with Gasteiger partial charge in [-0.15, -0.1) is 0 Å². The Morgan fingerprint density at radius 2 is 2.06 bits per heavy atom. The molecule has 17 heavy (non-hydrogen) atoms. The summed E-state index contributed by atoms with van der Waals surface area (Å²) in [7, 11) is 0. The Morgan fingerprint density at radius 3 is 2.71 bits per heavy atom. The Labute approximate surface area is 104 Å². The maximum Gasteiger partial charge on any atom is 0.309 e. The molecule has 1 aromatic carbocycles. The molecule has 4 nitrogen and oxygen atoms in total. The van der Waals surface area contributed by atoms with Gasteiger partial charge in [-0.05, 0) is 25.0 Å². The Kier molecular flexibility index (Phi) is 3.64. The van der Waals surface area contributed by atoms with Crippen molar-refractivity contribution in [3.8, 4) is 0 Å². The largest absolute Gasteiger partial charge is 0.455 e. The van der Waals surface area contributed by atoms with Gasteiger partial charge in [0.1, 0.15) is 0 Å². The second-order valence-corrected chi connectivity index (χ2v) is 4.32. The highest BCUT2D eigenvalue weighted by Crippen LogP contribution is 2.30. The van der Waals surface area contributed by atoms with E-state index in [2.05, 4.69) is 5.32 Å². The summed E-state index contributed by atoms with van der Waals surface area (Å²) in [5.41, 5.74) is 0.515. The third-order valence-electron chi connectivity index (χ3n) is 2.40. The molecular weight excluding hydrogens is 242 g/mol. The Balaban J connectivity index is 1.80. The van der Waals surface area contributed by atoms with Crippen LogP contribution < -0.4 is 5.32 Å². The molecule has 2 rings (SSSR count). The molecule has 0 aromatic heterocycles. The van der Waals surface area contributed by atoms with Crippen LogP contribution in [0.3, 0.4) is 0 Å². The van der Waals surface area contributed by atoms with Crippen LogP contribution in [0.5, 0.6) is 0 Å². The quantitative estimate of drug-likeness (QED) is 0.838. The first-order chi connectivity index (χ1) is 8.16. The first kappa shape index (κ1) is 11.9. The molecule has 1 saturated carbocycles. The molecule has 0 heterocycles. The number of carbonyl (C=O) groups excluding carboxylic acids is 2. The zero-order chi connectivity index (χ0) is 12.3. The van der Waals surface area contributed by atoms with Gasteiger partial charge in [-0.2, -0.15) is 0 Å². The number of carbonyl (C=O) groups is 2. The summed E-state index contributed by atoms with van der Waals surface area (Å²) < 4.78 is 4.85. The lowest BCUT2D eigenvalue weighted by atomic mass is 10.3. The Bertz CT molecular complexity index is 443. The molecule has 0 bridgehead atoms. The fourth-order valence-electron chi connectivity index (χ4n) is 1.32. The predicted octanol–water partition coefficient (Wildman–Crippen LogP) is 2.23. The van der Waals surface area contributed by atoms with Gasteiger partial charge < -0.3 is 10.1 Å². The lowest BCUT2D eigenvalue weighted by Gasteiger charge is -2.07. The molecule has 90 valence electrons. The van der Waals surface area contributed by atoms with Crippen LogP contribution in [0.1, 0.15) is 12.8 Å². The number of hydrogen-bond acceptors (Lipinski definition) is 3. The van der Waals surface area contributed by atoms with E-state index < -0.39 is 0 Å². The number of nitrogens with one attached hydrogen (secondary N) is 1. The lowest BCUT2D eigenvalue weighted by molar-refractivity contribution is -0.148. The van der Waals surface area contributed by atoms with Crippen LogP contribution in [0.4, 0.5) is 5.69 Å². The van der Waals surface area contributed by atoms with E-state index in [1.807, 2.05) is 0 Å². The van der Waals surface area contributed by atoms with Crippen molar-refractivity contribution in [3.63, 3.8) is 0 Å². The minimum Gasteiger partial charge on any atom is -0.455 e. The lowest BCUT2D eigenvalue weighted by Crippen LogP contribution is -2.21. The zero-order valence-corrected chi connectivity index (χ0v) is 9.87. The van der Waals surface area contributed by atoms with Gasteiger partial charge in [0.25, 0.3) is 5.91 Å². The van der Waals surface area contributed by atoms with Gasteiger partial charge in [0.05, 0.1) is 16.6 Å². The van der Waals surface area contributed by atoms with Crippen molar-refractivity contribution in [2.45, 2.75) is 12.8 Å². The third kappa shape index (κ3) is 3.46. The second kappa shape index (κ2) is 5.19. The van der Waals surface area contributed by atoms with E-state index in [-0.39, 0.29) is 24.4 Å². The first-order valence-electron chi connectivity index (χ1n) is 5.38. The molecule has 1 aromatic rings. The molecule has 0 spiro atoms. The Morgan fingerprint density at radius 1 is 1.35 bits per heavy atom. The molecule has 0 aliphatic heterocycles. The molecule has 5 heteroatoms. The molecule has 1 N–H and O–H groups in total. The summed E-state index contributed by atoms with van der Waals surface area (Å²) in [6, 6.07) is 6.89. The zero-order valence-electron chi connectivity index (χ0n) is 9.11. The van der Waals surface area contributed by atoms with Crippen LogP contribution in [0.25, 0.3) is 0 Å². The summed E-state index contributed by atoms with van der Waals surface area (Å²) in [5.74, 6) is -0.672. The minimum atomic E-state index is -0.382. The number of ether oxygens (including phenoxy) is 1. The van der Waals surface area contributed by atoms with Crippen molar-refractivity contribution < 1.29 is 14.3 Å². The van der Waals surface area contributed by atoms with Crippen LogP contribution in [-0.2, 0) is 14.3 Å². The van der Waals surface area contributed by atoms with E-state index in [4.69, 9.17) is 16.3 Å². The number of amides is 1. The predicted molar refractivity (Wildman–Crippen MR) is 63.8 cm³/mol. The fourth-order valence-corrected chi connectivity index (χ4v) is 1.51. The first-order valence-corrected chi connectivity index (χ1v) is 5.75. The number of para-hydroxylation sites is 1. The second-order valence-electron chi connectivity index (χ2n) is 3.91. The van der Waals surface area contributed by atoms with Gasteiger partial charge in [-0.25, -0.2) is 0 Å². The van der Waals surface area contributed by atoms with Gasteiger partial charge in [0.2, 0.25) is 0 Å². The van der Waals surface area contributed by atoms with Gasteiger partial charge in [-0.3, -0.25) is 9.59 Å². The highest BCUT2D eigenvalue weighted by atomic mass is 35.5. The number of hydrogen-bond donors (Lipinski definition) is 1. The molecular formula is C12H12ClNO3. The van der Waals surface area contributed by atoms with Gasteiger partial charge in [0, 0.05) is 0 Å². The number of rotatable bonds is 4. The van der Waals surface area contributed by atoms with E-state index in [1.54, 1.807) is 24.3 Å². The van der Waals surface area contributed by atoms with Crippen molar-refractivity contribution in [3.05, 3.63) is 29.3 Å². The monoisotopic (exact) mass is 253 g/mol. The van der Waals surface area contributed by atoms with Crippen LogP contribution in [0.2, 0.25) is 5.02 Å². The van der Waals surface area contributed by atoms with Crippen molar-refractivity contribution in [1.29, 1.82) is 0 Å².